The lowest BCUT2D eigenvalue weighted by atomic mass is 10.2. The Kier molecular flexibility index (Phi) is 2.96. The number of aromatic nitrogens is 1. The van der Waals surface area contributed by atoms with Crippen LogP contribution in [0.5, 0.6) is 0 Å². The van der Waals surface area contributed by atoms with Gasteiger partial charge in [-0.25, -0.2) is 4.79 Å². The molecule has 1 fully saturated rings. The van der Waals surface area contributed by atoms with Crippen LogP contribution in [-0.4, -0.2) is 34.2 Å². The maximum atomic E-state index is 10.6. The van der Waals surface area contributed by atoms with Gasteiger partial charge in [0, 0.05) is 12.1 Å². The van der Waals surface area contributed by atoms with Crippen LogP contribution in [0.1, 0.15) is 36.0 Å². The summed E-state index contributed by atoms with van der Waals surface area (Å²) in [6, 6.07) is 2.00. The minimum Gasteiger partial charge on any atom is -0.476 e. The third-order valence-electron chi connectivity index (χ3n) is 3.18. The van der Waals surface area contributed by atoms with Gasteiger partial charge in [0.05, 0.1) is 6.54 Å². The molecule has 5 nitrogen and oxygen atoms in total. The van der Waals surface area contributed by atoms with Crippen LogP contribution in [0.3, 0.4) is 0 Å². The molecular weight excluding hydrogens is 208 g/mol. The minimum absolute atomic E-state index is 0.0255. The molecule has 1 heterocycles. The zero-order chi connectivity index (χ0) is 11.7. The first-order valence-electron chi connectivity index (χ1n) is 5.47. The molecule has 1 aromatic rings. The van der Waals surface area contributed by atoms with E-state index in [9.17, 15) is 4.79 Å². The molecule has 1 aromatic heterocycles. The fraction of sp³-hybridized carbons (Fsp3) is 0.636. The van der Waals surface area contributed by atoms with Gasteiger partial charge in [0.15, 0.2) is 11.5 Å². The van der Waals surface area contributed by atoms with Crippen LogP contribution in [-0.2, 0) is 6.54 Å². The average Bonchev–Trinajstić information content (AvgIpc) is 2.97. The summed E-state index contributed by atoms with van der Waals surface area (Å²) in [7, 11) is 2.02. The minimum atomic E-state index is -1.05. The number of rotatable bonds is 5. The van der Waals surface area contributed by atoms with Gasteiger partial charge in [-0.15, -0.1) is 0 Å². The lowest BCUT2D eigenvalue weighted by Gasteiger charge is -2.22. The molecule has 16 heavy (non-hydrogen) atoms. The van der Waals surface area contributed by atoms with Crippen molar-refractivity contribution in [3.05, 3.63) is 17.5 Å². The second-order valence-electron chi connectivity index (χ2n) is 4.48. The van der Waals surface area contributed by atoms with E-state index in [1.807, 2.05) is 7.05 Å². The summed E-state index contributed by atoms with van der Waals surface area (Å²) in [5.74, 6) is 0.340. The van der Waals surface area contributed by atoms with Crippen molar-refractivity contribution in [1.29, 1.82) is 0 Å². The molecule has 0 amide bonds. The van der Waals surface area contributed by atoms with E-state index in [1.165, 1.54) is 18.9 Å². The van der Waals surface area contributed by atoms with Gasteiger partial charge in [0.25, 0.3) is 0 Å². The Labute approximate surface area is 94.0 Å². The van der Waals surface area contributed by atoms with Crippen molar-refractivity contribution >= 4 is 5.97 Å². The summed E-state index contributed by atoms with van der Waals surface area (Å²) in [5.41, 5.74) is -0.0255. The van der Waals surface area contributed by atoms with Crippen LogP contribution >= 0.6 is 0 Å². The standard InChI is InChI=1S/C11H16N2O3/c1-7(8-3-4-8)13(2)6-9-5-10(11(14)15)12-16-9/h5,7-8H,3-4,6H2,1-2H3,(H,14,15). The summed E-state index contributed by atoms with van der Waals surface area (Å²) < 4.78 is 4.97. The van der Waals surface area contributed by atoms with E-state index in [-0.39, 0.29) is 5.69 Å². The predicted octanol–water partition coefficient (Wildman–Crippen LogP) is 1.60. The normalized spacial score (nSPS) is 17.7. The third kappa shape index (κ3) is 2.41. The Morgan fingerprint density at radius 2 is 2.44 bits per heavy atom. The molecule has 1 unspecified atom stereocenters. The van der Waals surface area contributed by atoms with Gasteiger partial charge in [-0.3, -0.25) is 4.90 Å². The molecule has 1 aliphatic rings. The molecule has 0 saturated heterocycles. The summed E-state index contributed by atoms with van der Waals surface area (Å²) in [6.45, 7) is 2.80. The van der Waals surface area contributed by atoms with Gasteiger partial charge in [0.2, 0.25) is 0 Å². The Morgan fingerprint density at radius 3 is 2.94 bits per heavy atom. The van der Waals surface area contributed by atoms with E-state index >= 15 is 0 Å². The molecule has 0 radical (unpaired) electrons. The molecular formula is C11H16N2O3. The number of carboxylic acid groups (broad SMARTS) is 1. The first-order valence-corrected chi connectivity index (χ1v) is 5.47. The lowest BCUT2D eigenvalue weighted by molar-refractivity contribution is 0.0685. The van der Waals surface area contributed by atoms with Crippen LogP contribution in [0.2, 0.25) is 0 Å². The smallest absolute Gasteiger partial charge is 0.358 e. The summed E-state index contributed by atoms with van der Waals surface area (Å²) in [4.78, 5) is 12.8. The van der Waals surface area contributed by atoms with Crippen LogP contribution in [0.25, 0.3) is 0 Å². The first-order chi connectivity index (χ1) is 7.58. The van der Waals surface area contributed by atoms with Gasteiger partial charge in [0.1, 0.15) is 0 Å². The molecule has 1 aliphatic carbocycles. The lowest BCUT2D eigenvalue weighted by Crippen LogP contribution is -2.30. The number of hydrogen-bond acceptors (Lipinski definition) is 4. The van der Waals surface area contributed by atoms with Crippen LogP contribution in [0.4, 0.5) is 0 Å². The number of hydrogen-bond donors (Lipinski definition) is 1. The number of aromatic carboxylic acids is 1. The molecule has 1 atom stereocenters. The van der Waals surface area contributed by atoms with Gasteiger partial charge >= 0.3 is 5.97 Å². The molecule has 1 N–H and O–H groups in total. The maximum absolute atomic E-state index is 10.6. The highest BCUT2D eigenvalue weighted by atomic mass is 16.5. The van der Waals surface area contributed by atoms with E-state index in [2.05, 4.69) is 17.0 Å². The Hall–Kier alpha value is -1.36. The van der Waals surface area contributed by atoms with E-state index in [1.54, 1.807) is 0 Å². The fourth-order valence-electron chi connectivity index (χ4n) is 1.82. The van der Waals surface area contributed by atoms with Gasteiger partial charge in [-0.2, -0.15) is 0 Å². The number of carbonyl (C=O) groups is 1. The highest BCUT2D eigenvalue weighted by molar-refractivity contribution is 5.85. The highest BCUT2D eigenvalue weighted by Crippen LogP contribution is 2.35. The predicted molar refractivity (Wildman–Crippen MR) is 57.1 cm³/mol. The van der Waals surface area contributed by atoms with Gasteiger partial charge < -0.3 is 9.63 Å². The first kappa shape index (κ1) is 11.1. The molecule has 2 rings (SSSR count). The van der Waals surface area contributed by atoms with Crippen molar-refractivity contribution in [2.45, 2.75) is 32.4 Å². The van der Waals surface area contributed by atoms with Crippen molar-refractivity contribution in [2.24, 2.45) is 5.92 Å². The quantitative estimate of drug-likeness (QED) is 0.822. The summed E-state index contributed by atoms with van der Waals surface area (Å²) >= 11 is 0. The van der Waals surface area contributed by atoms with E-state index in [0.717, 1.165) is 5.92 Å². The van der Waals surface area contributed by atoms with Crippen molar-refractivity contribution in [3.8, 4) is 0 Å². The molecule has 0 aliphatic heterocycles. The van der Waals surface area contributed by atoms with E-state index in [0.29, 0.717) is 18.3 Å². The third-order valence-corrected chi connectivity index (χ3v) is 3.18. The van der Waals surface area contributed by atoms with Gasteiger partial charge in [-0.1, -0.05) is 5.16 Å². The molecule has 1 saturated carbocycles. The summed E-state index contributed by atoms with van der Waals surface area (Å²) in [6.07, 6.45) is 2.59. The number of nitrogens with zero attached hydrogens (tertiary/aromatic N) is 2. The fourth-order valence-corrected chi connectivity index (χ4v) is 1.82. The number of carboxylic acids is 1. The zero-order valence-corrected chi connectivity index (χ0v) is 9.51. The summed E-state index contributed by atoms with van der Waals surface area (Å²) in [5, 5.41) is 12.2. The Bertz CT molecular complexity index is 384. The second kappa shape index (κ2) is 4.25. The topological polar surface area (TPSA) is 66.6 Å². The van der Waals surface area contributed by atoms with Crippen molar-refractivity contribution in [3.63, 3.8) is 0 Å². The molecule has 0 aromatic carbocycles. The van der Waals surface area contributed by atoms with E-state index < -0.39 is 5.97 Å². The van der Waals surface area contributed by atoms with Crippen LogP contribution < -0.4 is 0 Å². The molecule has 5 heteroatoms. The monoisotopic (exact) mass is 224 g/mol. The molecule has 88 valence electrons. The van der Waals surface area contributed by atoms with Crippen molar-refractivity contribution in [2.75, 3.05) is 7.05 Å². The largest absolute Gasteiger partial charge is 0.476 e. The van der Waals surface area contributed by atoms with Crippen LogP contribution in [0.15, 0.2) is 10.6 Å². The van der Waals surface area contributed by atoms with Crippen molar-refractivity contribution in [1.82, 2.24) is 10.1 Å². The average molecular weight is 224 g/mol. The zero-order valence-electron chi connectivity index (χ0n) is 9.51. The maximum Gasteiger partial charge on any atom is 0.358 e. The SMILES string of the molecule is CC(C1CC1)N(C)Cc1cc(C(=O)O)no1. The Balaban J connectivity index is 1.94. The van der Waals surface area contributed by atoms with Crippen molar-refractivity contribution < 1.29 is 14.4 Å². The van der Waals surface area contributed by atoms with E-state index in [4.69, 9.17) is 9.63 Å². The Morgan fingerprint density at radius 1 is 1.75 bits per heavy atom. The highest BCUT2D eigenvalue weighted by Gasteiger charge is 2.30. The van der Waals surface area contributed by atoms with Gasteiger partial charge in [-0.05, 0) is 32.7 Å². The second-order valence-corrected chi connectivity index (χ2v) is 4.48. The molecule has 0 spiro atoms. The molecule has 0 bridgehead atoms. The van der Waals surface area contributed by atoms with Crippen LogP contribution in [0, 0.1) is 5.92 Å².